The Bertz CT molecular complexity index is 407. The van der Waals surface area contributed by atoms with Crippen LogP contribution in [0.2, 0.25) is 10.0 Å². The molecule has 18 heavy (non-hydrogen) atoms. The number of hydrogen-bond donors (Lipinski definition) is 1. The average Bonchev–Trinajstić information content (AvgIpc) is 2.32. The van der Waals surface area contributed by atoms with Gasteiger partial charge < -0.3 is 5.73 Å². The van der Waals surface area contributed by atoms with E-state index in [4.69, 9.17) is 28.9 Å². The standard InChI is InChI=1S/C14H19Cl2NO/c1-10(6-7-17)2-4-12(18)8-11-3-5-13(15)14(16)9-11/h3,5,9-10H,2,4,6-8,17H2,1H3. The van der Waals surface area contributed by atoms with E-state index in [0.717, 1.165) is 18.4 Å². The number of benzene rings is 1. The minimum absolute atomic E-state index is 0.234. The summed E-state index contributed by atoms with van der Waals surface area (Å²) < 4.78 is 0. The van der Waals surface area contributed by atoms with Gasteiger partial charge >= 0.3 is 0 Å². The highest BCUT2D eigenvalue weighted by atomic mass is 35.5. The number of hydrogen-bond acceptors (Lipinski definition) is 2. The molecule has 1 atom stereocenters. The van der Waals surface area contributed by atoms with Crippen molar-refractivity contribution in [3.05, 3.63) is 33.8 Å². The maximum atomic E-state index is 11.8. The van der Waals surface area contributed by atoms with Crippen molar-refractivity contribution in [2.24, 2.45) is 11.7 Å². The summed E-state index contributed by atoms with van der Waals surface area (Å²) in [6, 6.07) is 5.32. The second kappa shape index (κ2) is 7.78. The average molecular weight is 288 g/mol. The van der Waals surface area contributed by atoms with Crippen molar-refractivity contribution in [1.29, 1.82) is 0 Å². The van der Waals surface area contributed by atoms with Gasteiger partial charge in [0.25, 0.3) is 0 Å². The fourth-order valence-corrected chi connectivity index (χ4v) is 2.12. The minimum Gasteiger partial charge on any atom is -0.330 e. The molecule has 2 nitrogen and oxygen atoms in total. The largest absolute Gasteiger partial charge is 0.330 e. The monoisotopic (exact) mass is 287 g/mol. The van der Waals surface area contributed by atoms with Crippen molar-refractivity contribution in [3.8, 4) is 0 Å². The first-order valence-corrected chi connectivity index (χ1v) is 6.94. The van der Waals surface area contributed by atoms with Crippen LogP contribution < -0.4 is 5.73 Å². The van der Waals surface area contributed by atoms with E-state index >= 15 is 0 Å². The minimum atomic E-state index is 0.234. The van der Waals surface area contributed by atoms with E-state index in [1.165, 1.54) is 0 Å². The summed E-state index contributed by atoms with van der Waals surface area (Å²) in [4.78, 5) is 11.8. The fourth-order valence-electron chi connectivity index (χ4n) is 1.80. The topological polar surface area (TPSA) is 43.1 Å². The molecule has 1 aromatic carbocycles. The van der Waals surface area contributed by atoms with Crippen LogP contribution in [0, 0.1) is 5.92 Å². The zero-order chi connectivity index (χ0) is 13.5. The Balaban J connectivity index is 2.42. The first-order chi connectivity index (χ1) is 8.52. The van der Waals surface area contributed by atoms with E-state index in [9.17, 15) is 4.79 Å². The number of ketones is 1. The summed E-state index contributed by atoms with van der Waals surface area (Å²) in [6.07, 6.45) is 2.89. The molecule has 1 rings (SSSR count). The third-order valence-corrected chi connectivity index (χ3v) is 3.70. The SMILES string of the molecule is CC(CCN)CCC(=O)Cc1ccc(Cl)c(Cl)c1. The molecule has 0 bridgehead atoms. The molecule has 0 aliphatic carbocycles. The zero-order valence-corrected chi connectivity index (χ0v) is 12.1. The van der Waals surface area contributed by atoms with Gasteiger partial charge in [-0.2, -0.15) is 0 Å². The van der Waals surface area contributed by atoms with Gasteiger partial charge in [0.2, 0.25) is 0 Å². The van der Waals surface area contributed by atoms with Gasteiger partial charge in [-0.1, -0.05) is 36.2 Å². The quantitative estimate of drug-likeness (QED) is 0.827. The lowest BCUT2D eigenvalue weighted by molar-refractivity contribution is -0.118. The fraction of sp³-hybridized carbons (Fsp3) is 0.500. The van der Waals surface area contributed by atoms with E-state index < -0.39 is 0 Å². The number of carbonyl (C=O) groups is 1. The van der Waals surface area contributed by atoms with Crippen LogP contribution in [0.3, 0.4) is 0 Å². The van der Waals surface area contributed by atoms with E-state index in [0.29, 0.717) is 35.3 Å². The lowest BCUT2D eigenvalue weighted by Gasteiger charge is -2.09. The van der Waals surface area contributed by atoms with Crippen molar-refractivity contribution < 1.29 is 4.79 Å². The second-order valence-electron chi connectivity index (χ2n) is 4.69. The molecule has 100 valence electrons. The van der Waals surface area contributed by atoms with E-state index in [-0.39, 0.29) is 5.78 Å². The summed E-state index contributed by atoms with van der Waals surface area (Å²) in [6.45, 7) is 2.81. The molecule has 0 aliphatic heterocycles. The van der Waals surface area contributed by atoms with Crippen molar-refractivity contribution in [2.45, 2.75) is 32.6 Å². The van der Waals surface area contributed by atoms with Gasteiger partial charge in [0, 0.05) is 12.8 Å². The maximum Gasteiger partial charge on any atom is 0.137 e. The number of halogens is 2. The van der Waals surface area contributed by atoms with Gasteiger partial charge in [-0.15, -0.1) is 0 Å². The van der Waals surface area contributed by atoms with Gasteiger partial charge in [-0.25, -0.2) is 0 Å². The smallest absolute Gasteiger partial charge is 0.137 e. The molecule has 4 heteroatoms. The third-order valence-electron chi connectivity index (χ3n) is 2.96. The Morgan fingerprint density at radius 1 is 1.28 bits per heavy atom. The van der Waals surface area contributed by atoms with Crippen LogP contribution in [0.15, 0.2) is 18.2 Å². The third kappa shape index (κ3) is 5.38. The molecule has 1 aromatic rings. The molecule has 0 amide bonds. The molecule has 0 aliphatic rings. The van der Waals surface area contributed by atoms with Crippen molar-refractivity contribution in [3.63, 3.8) is 0 Å². The highest BCUT2D eigenvalue weighted by molar-refractivity contribution is 6.42. The number of rotatable bonds is 7. The van der Waals surface area contributed by atoms with Gasteiger partial charge in [0.1, 0.15) is 5.78 Å². The predicted molar refractivity (Wildman–Crippen MR) is 77.2 cm³/mol. The highest BCUT2D eigenvalue weighted by Gasteiger charge is 2.08. The number of nitrogens with two attached hydrogens (primary N) is 1. The van der Waals surface area contributed by atoms with Crippen LogP contribution in [-0.4, -0.2) is 12.3 Å². The lowest BCUT2D eigenvalue weighted by Crippen LogP contribution is -2.09. The molecule has 0 saturated heterocycles. The maximum absolute atomic E-state index is 11.8. The van der Waals surface area contributed by atoms with E-state index in [1.807, 2.05) is 6.07 Å². The summed E-state index contributed by atoms with van der Waals surface area (Å²) in [5, 5.41) is 1.02. The van der Waals surface area contributed by atoms with Crippen LogP contribution in [0.1, 0.15) is 31.7 Å². The summed E-state index contributed by atoms with van der Waals surface area (Å²) in [5.74, 6) is 0.741. The van der Waals surface area contributed by atoms with Gasteiger partial charge in [-0.3, -0.25) is 4.79 Å². The molecular weight excluding hydrogens is 269 g/mol. The summed E-state index contributed by atoms with van der Waals surface area (Å²) in [7, 11) is 0. The Labute approximate surface area is 118 Å². The van der Waals surface area contributed by atoms with E-state index in [1.54, 1.807) is 12.1 Å². The first-order valence-electron chi connectivity index (χ1n) is 6.18. The Morgan fingerprint density at radius 2 is 2.00 bits per heavy atom. The molecule has 1 unspecified atom stereocenters. The Kier molecular flexibility index (Phi) is 6.69. The Morgan fingerprint density at radius 3 is 2.61 bits per heavy atom. The van der Waals surface area contributed by atoms with Crippen LogP contribution in [-0.2, 0) is 11.2 Å². The van der Waals surface area contributed by atoms with Gasteiger partial charge in [0.15, 0.2) is 0 Å². The predicted octanol–water partition coefficient (Wildman–Crippen LogP) is 3.87. The van der Waals surface area contributed by atoms with Gasteiger partial charge in [0.05, 0.1) is 10.0 Å². The van der Waals surface area contributed by atoms with Crippen molar-refractivity contribution >= 4 is 29.0 Å². The van der Waals surface area contributed by atoms with Crippen LogP contribution in [0.5, 0.6) is 0 Å². The van der Waals surface area contributed by atoms with Crippen LogP contribution in [0.4, 0.5) is 0 Å². The summed E-state index contributed by atoms with van der Waals surface area (Å²) in [5.41, 5.74) is 6.40. The number of Topliss-reactive ketones (excluding diaryl/α,β-unsaturated/α-hetero) is 1. The second-order valence-corrected chi connectivity index (χ2v) is 5.50. The normalized spacial score (nSPS) is 12.4. The molecule has 2 N–H and O–H groups in total. The first kappa shape index (κ1) is 15.5. The Hall–Kier alpha value is -0.570. The molecule has 0 spiro atoms. The molecule has 0 aromatic heterocycles. The van der Waals surface area contributed by atoms with Crippen molar-refractivity contribution in [1.82, 2.24) is 0 Å². The van der Waals surface area contributed by atoms with E-state index in [2.05, 4.69) is 6.92 Å². The molecule has 0 radical (unpaired) electrons. The van der Waals surface area contributed by atoms with Crippen molar-refractivity contribution in [2.75, 3.05) is 6.54 Å². The highest BCUT2D eigenvalue weighted by Crippen LogP contribution is 2.23. The molecule has 0 saturated carbocycles. The van der Waals surface area contributed by atoms with Crippen LogP contribution in [0.25, 0.3) is 0 Å². The van der Waals surface area contributed by atoms with Gasteiger partial charge in [-0.05, 0) is 43.0 Å². The lowest BCUT2D eigenvalue weighted by atomic mass is 9.98. The molecule has 0 fully saturated rings. The zero-order valence-electron chi connectivity index (χ0n) is 10.6. The number of carbonyl (C=O) groups excluding carboxylic acids is 1. The summed E-state index contributed by atoms with van der Waals surface area (Å²) >= 11 is 11.7. The molecule has 0 heterocycles. The van der Waals surface area contributed by atoms with Crippen LogP contribution >= 0.6 is 23.2 Å². The molecular formula is C14H19Cl2NO.